The molecular formula is C16H26N4. The molecule has 20 heavy (non-hydrogen) atoms. The van der Waals surface area contributed by atoms with E-state index in [0.29, 0.717) is 0 Å². The highest BCUT2D eigenvalue weighted by molar-refractivity contribution is 5.80. The summed E-state index contributed by atoms with van der Waals surface area (Å²) in [6.07, 6.45) is 2.56. The van der Waals surface area contributed by atoms with Gasteiger partial charge in [-0.15, -0.1) is 0 Å². The summed E-state index contributed by atoms with van der Waals surface area (Å²) in [5.74, 6) is 1.06. The minimum absolute atomic E-state index is 0.743. The zero-order valence-corrected chi connectivity index (χ0v) is 12.9. The zero-order chi connectivity index (χ0) is 14.4. The van der Waals surface area contributed by atoms with Gasteiger partial charge < -0.3 is 15.1 Å². The van der Waals surface area contributed by atoms with Crippen LogP contribution in [0.4, 0.5) is 5.69 Å². The molecule has 1 N–H and O–H groups in total. The average Bonchev–Trinajstić information content (AvgIpc) is 2.98. The van der Waals surface area contributed by atoms with Crippen LogP contribution in [0.2, 0.25) is 0 Å². The van der Waals surface area contributed by atoms with Crippen LogP contribution in [0.15, 0.2) is 29.3 Å². The molecule has 110 valence electrons. The third-order valence-electron chi connectivity index (χ3n) is 3.60. The van der Waals surface area contributed by atoms with Crippen molar-refractivity contribution in [2.45, 2.75) is 26.3 Å². The van der Waals surface area contributed by atoms with Crippen LogP contribution in [0.5, 0.6) is 0 Å². The zero-order valence-electron chi connectivity index (χ0n) is 12.9. The molecule has 1 aliphatic rings. The van der Waals surface area contributed by atoms with E-state index in [1.807, 2.05) is 0 Å². The van der Waals surface area contributed by atoms with Crippen molar-refractivity contribution in [3.63, 3.8) is 0 Å². The van der Waals surface area contributed by atoms with Crippen molar-refractivity contribution in [2.75, 3.05) is 38.6 Å². The van der Waals surface area contributed by atoms with E-state index in [2.05, 4.69) is 60.4 Å². The molecule has 1 saturated heterocycles. The van der Waals surface area contributed by atoms with Crippen molar-refractivity contribution in [3.8, 4) is 0 Å². The van der Waals surface area contributed by atoms with E-state index >= 15 is 0 Å². The SMILES string of the molecule is CCNC(=NCc1ccc(N(C)C)cc1)N1CCCC1. The van der Waals surface area contributed by atoms with Crippen LogP contribution < -0.4 is 10.2 Å². The minimum atomic E-state index is 0.743. The summed E-state index contributed by atoms with van der Waals surface area (Å²) in [4.78, 5) is 9.23. The monoisotopic (exact) mass is 274 g/mol. The Bertz CT molecular complexity index is 430. The van der Waals surface area contributed by atoms with Gasteiger partial charge in [-0.05, 0) is 37.5 Å². The van der Waals surface area contributed by atoms with Crippen molar-refractivity contribution in [3.05, 3.63) is 29.8 Å². The van der Waals surface area contributed by atoms with Crippen LogP contribution in [0.3, 0.4) is 0 Å². The highest BCUT2D eigenvalue weighted by Gasteiger charge is 2.15. The molecule has 0 amide bonds. The fourth-order valence-electron chi connectivity index (χ4n) is 2.42. The van der Waals surface area contributed by atoms with Gasteiger partial charge in [0.25, 0.3) is 0 Å². The molecule has 1 aromatic carbocycles. The molecule has 0 aliphatic carbocycles. The summed E-state index contributed by atoms with van der Waals surface area (Å²) in [6, 6.07) is 8.61. The van der Waals surface area contributed by atoms with E-state index in [4.69, 9.17) is 4.99 Å². The lowest BCUT2D eigenvalue weighted by atomic mass is 10.2. The Morgan fingerprint density at radius 3 is 2.40 bits per heavy atom. The minimum Gasteiger partial charge on any atom is -0.378 e. The molecule has 2 rings (SSSR count). The van der Waals surface area contributed by atoms with E-state index < -0.39 is 0 Å². The summed E-state index contributed by atoms with van der Waals surface area (Å²) in [5.41, 5.74) is 2.48. The number of likely N-dealkylation sites (tertiary alicyclic amines) is 1. The molecule has 1 aromatic rings. The average molecular weight is 274 g/mol. The molecule has 1 heterocycles. The van der Waals surface area contributed by atoms with E-state index in [9.17, 15) is 0 Å². The van der Waals surface area contributed by atoms with Crippen LogP contribution in [0, 0.1) is 0 Å². The maximum Gasteiger partial charge on any atom is 0.194 e. The topological polar surface area (TPSA) is 30.9 Å². The van der Waals surface area contributed by atoms with Gasteiger partial charge in [-0.3, -0.25) is 0 Å². The fraction of sp³-hybridized carbons (Fsp3) is 0.562. The van der Waals surface area contributed by atoms with E-state index in [1.54, 1.807) is 0 Å². The molecule has 0 bridgehead atoms. The van der Waals surface area contributed by atoms with Crippen LogP contribution in [-0.4, -0.2) is 44.6 Å². The third kappa shape index (κ3) is 3.89. The van der Waals surface area contributed by atoms with Gasteiger partial charge in [-0.2, -0.15) is 0 Å². The van der Waals surface area contributed by atoms with Gasteiger partial charge in [0.1, 0.15) is 0 Å². The second-order valence-corrected chi connectivity index (χ2v) is 5.43. The molecule has 1 aliphatic heterocycles. The fourth-order valence-corrected chi connectivity index (χ4v) is 2.42. The molecule has 4 heteroatoms. The number of rotatable bonds is 4. The number of aliphatic imine (C=N–C) groups is 1. The highest BCUT2D eigenvalue weighted by Crippen LogP contribution is 2.13. The molecule has 0 spiro atoms. The first-order valence-corrected chi connectivity index (χ1v) is 7.50. The van der Waals surface area contributed by atoms with Gasteiger partial charge in [-0.25, -0.2) is 4.99 Å². The Morgan fingerprint density at radius 1 is 1.20 bits per heavy atom. The van der Waals surface area contributed by atoms with Crippen molar-refractivity contribution < 1.29 is 0 Å². The normalized spacial score (nSPS) is 15.6. The Kier molecular flexibility index (Phi) is 5.27. The summed E-state index contributed by atoms with van der Waals surface area (Å²) < 4.78 is 0. The Labute approximate surface area is 122 Å². The second kappa shape index (κ2) is 7.17. The lowest BCUT2D eigenvalue weighted by Crippen LogP contribution is -2.39. The summed E-state index contributed by atoms with van der Waals surface area (Å²) in [7, 11) is 4.12. The number of nitrogens with zero attached hydrogens (tertiary/aromatic N) is 3. The largest absolute Gasteiger partial charge is 0.378 e. The van der Waals surface area contributed by atoms with Crippen LogP contribution >= 0.6 is 0 Å². The maximum atomic E-state index is 4.76. The second-order valence-electron chi connectivity index (χ2n) is 5.43. The number of benzene rings is 1. The predicted molar refractivity (Wildman–Crippen MR) is 86.4 cm³/mol. The molecule has 0 radical (unpaired) electrons. The number of nitrogens with one attached hydrogen (secondary N) is 1. The third-order valence-corrected chi connectivity index (χ3v) is 3.60. The van der Waals surface area contributed by atoms with Gasteiger partial charge in [-0.1, -0.05) is 12.1 Å². The van der Waals surface area contributed by atoms with Crippen LogP contribution in [-0.2, 0) is 6.54 Å². The van der Waals surface area contributed by atoms with Gasteiger partial charge in [0.2, 0.25) is 0 Å². The predicted octanol–water partition coefficient (Wildman–Crippen LogP) is 2.31. The highest BCUT2D eigenvalue weighted by atomic mass is 15.3. The standard InChI is InChI=1S/C16H26N4/c1-4-17-16(20-11-5-6-12-20)18-13-14-7-9-15(10-8-14)19(2)3/h7-10H,4-6,11-13H2,1-3H3,(H,17,18). The van der Waals surface area contributed by atoms with E-state index in [-0.39, 0.29) is 0 Å². The number of anilines is 1. The van der Waals surface area contributed by atoms with Crippen molar-refractivity contribution >= 4 is 11.6 Å². The van der Waals surface area contributed by atoms with Gasteiger partial charge >= 0.3 is 0 Å². The quantitative estimate of drug-likeness (QED) is 0.675. The summed E-state index contributed by atoms with van der Waals surface area (Å²) in [6.45, 7) is 6.05. The molecule has 0 aromatic heterocycles. The van der Waals surface area contributed by atoms with Crippen molar-refractivity contribution in [1.82, 2.24) is 10.2 Å². The van der Waals surface area contributed by atoms with Gasteiger partial charge in [0.05, 0.1) is 6.54 Å². The lowest BCUT2D eigenvalue weighted by molar-refractivity contribution is 0.493. The number of hydrogen-bond donors (Lipinski definition) is 1. The van der Waals surface area contributed by atoms with Crippen LogP contribution in [0.25, 0.3) is 0 Å². The maximum absolute atomic E-state index is 4.76. The Hall–Kier alpha value is -1.71. The molecular weight excluding hydrogens is 248 g/mol. The van der Waals surface area contributed by atoms with Gasteiger partial charge in [0, 0.05) is 39.4 Å². The van der Waals surface area contributed by atoms with Gasteiger partial charge in [0.15, 0.2) is 5.96 Å². The molecule has 0 atom stereocenters. The Balaban J connectivity index is 2.00. The first-order chi connectivity index (χ1) is 9.70. The Morgan fingerprint density at radius 2 is 1.85 bits per heavy atom. The summed E-state index contributed by atoms with van der Waals surface area (Å²) >= 11 is 0. The first-order valence-electron chi connectivity index (χ1n) is 7.50. The van der Waals surface area contributed by atoms with E-state index in [0.717, 1.165) is 32.1 Å². The molecule has 0 saturated carbocycles. The number of hydrogen-bond acceptors (Lipinski definition) is 2. The van der Waals surface area contributed by atoms with E-state index in [1.165, 1.54) is 24.1 Å². The summed E-state index contributed by atoms with van der Waals surface area (Å²) in [5, 5.41) is 3.39. The number of guanidine groups is 1. The molecule has 0 unspecified atom stereocenters. The van der Waals surface area contributed by atoms with Crippen molar-refractivity contribution in [2.24, 2.45) is 4.99 Å². The first kappa shape index (κ1) is 14.7. The molecule has 4 nitrogen and oxygen atoms in total. The van der Waals surface area contributed by atoms with Crippen LogP contribution in [0.1, 0.15) is 25.3 Å². The lowest BCUT2D eigenvalue weighted by Gasteiger charge is -2.20. The molecule has 1 fully saturated rings. The van der Waals surface area contributed by atoms with Crippen molar-refractivity contribution in [1.29, 1.82) is 0 Å². The smallest absolute Gasteiger partial charge is 0.194 e.